The molecule has 2 fully saturated rings. The fraction of sp³-hybridized carbons (Fsp3) is 0.375. The number of sulfonamides is 1. The van der Waals surface area contributed by atoms with Gasteiger partial charge in [-0.25, -0.2) is 8.42 Å². The lowest BCUT2D eigenvalue weighted by atomic mass is 10.0. The van der Waals surface area contributed by atoms with E-state index in [1.807, 2.05) is 6.07 Å². The molecule has 3 aromatic carbocycles. The highest BCUT2D eigenvalue weighted by atomic mass is 35.5. The van der Waals surface area contributed by atoms with E-state index in [1.165, 1.54) is 34.1 Å². The fourth-order valence-electron chi connectivity index (χ4n) is 5.59. The maximum Gasteiger partial charge on any atom is 0.251 e. The molecule has 222 valence electrons. The van der Waals surface area contributed by atoms with Crippen LogP contribution in [-0.2, 0) is 27.9 Å². The molecule has 2 heterocycles. The fourth-order valence-corrected chi connectivity index (χ4v) is 7.32. The molecule has 0 aromatic heterocycles. The predicted molar refractivity (Wildman–Crippen MR) is 163 cm³/mol. The van der Waals surface area contributed by atoms with Crippen molar-refractivity contribution in [1.82, 2.24) is 19.8 Å². The van der Waals surface area contributed by atoms with Crippen molar-refractivity contribution in [2.24, 2.45) is 0 Å². The molecule has 3 aromatic rings. The Morgan fingerprint density at radius 2 is 1.60 bits per heavy atom. The molecule has 0 unspecified atom stereocenters. The molecular formula is C32H37ClN4O4S. The molecule has 10 heteroatoms. The number of rotatable bonds is 9. The summed E-state index contributed by atoms with van der Waals surface area (Å²) in [7, 11) is -4.00. The second-order valence-electron chi connectivity index (χ2n) is 11.0. The quantitative estimate of drug-likeness (QED) is 0.370. The van der Waals surface area contributed by atoms with Crippen LogP contribution in [0, 0.1) is 0 Å². The summed E-state index contributed by atoms with van der Waals surface area (Å²) in [5.74, 6) is -0.437. The van der Waals surface area contributed by atoms with Crippen LogP contribution in [0.1, 0.15) is 53.6 Å². The third-order valence-corrected chi connectivity index (χ3v) is 10.1. The third-order valence-electron chi connectivity index (χ3n) is 8.00. The minimum Gasteiger partial charge on any atom is -0.355 e. The van der Waals surface area contributed by atoms with Gasteiger partial charge in [0.2, 0.25) is 15.9 Å². The van der Waals surface area contributed by atoms with Gasteiger partial charge in [0, 0.05) is 49.4 Å². The number of halogens is 1. The van der Waals surface area contributed by atoms with Crippen molar-refractivity contribution in [3.8, 4) is 0 Å². The van der Waals surface area contributed by atoms with Gasteiger partial charge in [-0.15, -0.1) is 0 Å². The van der Waals surface area contributed by atoms with Crippen LogP contribution in [0.4, 0.5) is 0 Å². The number of hydrogen-bond acceptors (Lipinski definition) is 5. The number of hydrogen-bond donors (Lipinski definition) is 2. The Bertz CT molecular complexity index is 1460. The van der Waals surface area contributed by atoms with E-state index in [0.29, 0.717) is 29.1 Å². The molecule has 2 aliphatic rings. The number of nitrogens with one attached hydrogen (secondary N) is 2. The highest BCUT2D eigenvalue weighted by Crippen LogP contribution is 2.26. The molecule has 0 saturated carbocycles. The Morgan fingerprint density at radius 1 is 0.905 bits per heavy atom. The molecule has 2 aliphatic heterocycles. The first-order chi connectivity index (χ1) is 20.3. The maximum atomic E-state index is 13.8. The summed E-state index contributed by atoms with van der Waals surface area (Å²) >= 11 is 6.00. The monoisotopic (exact) mass is 608 g/mol. The average molecular weight is 609 g/mol. The predicted octanol–water partition coefficient (Wildman–Crippen LogP) is 4.59. The first kappa shape index (κ1) is 30.2. The van der Waals surface area contributed by atoms with Gasteiger partial charge in [0.15, 0.2) is 0 Å². The summed E-state index contributed by atoms with van der Waals surface area (Å²) in [5, 5.41) is 6.44. The zero-order chi connectivity index (χ0) is 29.5. The van der Waals surface area contributed by atoms with Gasteiger partial charge in [-0.3, -0.25) is 14.5 Å². The molecule has 0 aliphatic carbocycles. The molecule has 0 bridgehead atoms. The number of nitrogens with zero attached hydrogens (tertiary/aromatic N) is 2. The highest BCUT2D eigenvalue weighted by molar-refractivity contribution is 7.89. The van der Waals surface area contributed by atoms with Gasteiger partial charge in [0.25, 0.3) is 5.91 Å². The standard InChI is InChI=1S/C32H37ClN4O4S/c33-27-13-15-29(16-14-27)42(40,41)37(30-8-4-5-19-34-32(30)39)23-25-9-11-26(12-10-25)31(38)35-28-17-20-36(21-18-28)22-24-6-2-1-3-7-24/h1-3,6-7,9-16,28,30H,4-5,8,17-23H2,(H,34,39)(H,35,38)/t30-/m1/s1. The number of piperidine rings is 1. The Morgan fingerprint density at radius 3 is 2.29 bits per heavy atom. The molecule has 8 nitrogen and oxygen atoms in total. The van der Waals surface area contributed by atoms with Gasteiger partial charge in [0.05, 0.1) is 4.90 Å². The largest absolute Gasteiger partial charge is 0.355 e. The van der Waals surface area contributed by atoms with Gasteiger partial charge >= 0.3 is 0 Å². The summed E-state index contributed by atoms with van der Waals surface area (Å²) in [5.41, 5.74) is 2.50. The molecule has 5 rings (SSSR count). The van der Waals surface area contributed by atoms with Crippen molar-refractivity contribution in [1.29, 1.82) is 0 Å². The van der Waals surface area contributed by atoms with E-state index >= 15 is 0 Å². The molecule has 2 saturated heterocycles. The van der Waals surface area contributed by atoms with Crippen molar-refractivity contribution in [2.75, 3.05) is 19.6 Å². The summed E-state index contributed by atoms with van der Waals surface area (Å²) in [6.45, 7) is 3.29. The zero-order valence-electron chi connectivity index (χ0n) is 23.5. The first-order valence-electron chi connectivity index (χ1n) is 14.5. The summed E-state index contributed by atoms with van der Waals surface area (Å²) in [6, 6.07) is 22.6. The number of carbonyl (C=O) groups excluding carboxylic acids is 2. The SMILES string of the molecule is O=C(NC1CCN(Cc2ccccc2)CC1)c1ccc(CN([C@@H]2CCCCNC2=O)S(=O)(=O)c2ccc(Cl)cc2)cc1. The number of carbonyl (C=O) groups is 2. The topological polar surface area (TPSA) is 98.8 Å². The highest BCUT2D eigenvalue weighted by Gasteiger charge is 2.36. The van der Waals surface area contributed by atoms with E-state index in [0.717, 1.165) is 45.3 Å². The number of likely N-dealkylation sites (tertiary alicyclic amines) is 1. The molecule has 42 heavy (non-hydrogen) atoms. The van der Waals surface area contributed by atoms with E-state index in [4.69, 9.17) is 11.6 Å². The summed E-state index contributed by atoms with van der Waals surface area (Å²) in [4.78, 5) is 28.4. The first-order valence-corrected chi connectivity index (χ1v) is 16.3. The van der Waals surface area contributed by atoms with Gasteiger partial charge < -0.3 is 10.6 Å². The van der Waals surface area contributed by atoms with Crippen LogP contribution >= 0.6 is 11.6 Å². The van der Waals surface area contributed by atoms with Crippen LogP contribution in [0.15, 0.2) is 83.8 Å². The van der Waals surface area contributed by atoms with Gasteiger partial charge in [-0.1, -0.05) is 54.1 Å². The van der Waals surface area contributed by atoms with Crippen LogP contribution < -0.4 is 10.6 Å². The van der Waals surface area contributed by atoms with E-state index in [-0.39, 0.29) is 29.3 Å². The van der Waals surface area contributed by atoms with Crippen molar-refractivity contribution >= 4 is 33.4 Å². The number of benzene rings is 3. The maximum absolute atomic E-state index is 13.8. The molecule has 2 amide bonds. The lowest BCUT2D eigenvalue weighted by molar-refractivity contribution is -0.124. The molecule has 0 spiro atoms. The van der Waals surface area contributed by atoms with E-state index < -0.39 is 16.1 Å². The minimum atomic E-state index is -4.00. The van der Waals surface area contributed by atoms with E-state index in [1.54, 1.807) is 24.3 Å². The Kier molecular flexibility index (Phi) is 9.95. The zero-order valence-corrected chi connectivity index (χ0v) is 25.1. The van der Waals surface area contributed by atoms with E-state index in [9.17, 15) is 18.0 Å². The van der Waals surface area contributed by atoms with Crippen molar-refractivity contribution < 1.29 is 18.0 Å². The van der Waals surface area contributed by atoms with Gasteiger partial charge in [-0.05, 0) is 79.6 Å². The smallest absolute Gasteiger partial charge is 0.251 e. The number of amides is 2. The third kappa shape index (κ3) is 7.58. The molecule has 0 radical (unpaired) electrons. The average Bonchev–Trinajstić information content (AvgIpc) is 3.21. The van der Waals surface area contributed by atoms with Gasteiger partial charge in [0.1, 0.15) is 6.04 Å². The Hall–Kier alpha value is -3.24. The van der Waals surface area contributed by atoms with Crippen LogP contribution in [-0.4, -0.2) is 61.2 Å². The van der Waals surface area contributed by atoms with Crippen molar-refractivity contribution in [2.45, 2.75) is 62.2 Å². The lowest BCUT2D eigenvalue weighted by Gasteiger charge is -2.32. The second kappa shape index (κ2) is 13.8. The van der Waals surface area contributed by atoms with E-state index in [2.05, 4.69) is 39.8 Å². The van der Waals surface area contributed by atoms with Crippen LogP contribution in [0.2, 0.25) is 5.02 Å². The summed E-state index contributed by atoms with van der Waals surface area (Å²) in [6.07, 6.45) is 3.74. The van der Waals surface area contributed by atoms with Crippen LogP contribution in [0.3, 0.4) is 0 Å². The Labute approximate surface area is 253 Å². The van der Waals surface area contributed by atoms with Crippen LogP contribution in [0.5, 0.6) is 0 Å². The molecule has 2 N–H and O–H groups in total. The summed E-state index contributed by atoms with van der Waals surface area (Å²) < 4.78 is 28.8. The normalized spacial score (nSPS) is 18.8. The van der Waals surface area contributed by atoms with Gasteiger partial charge in [-0.2, -0.15) is 4.31 Å². The molecule has 1 atom stereocenters. The second-order valence-corrected chi connectivity index (χ2v) is 13.3. The Balaban J connectivity index is 1.24. The lowest BCUT2D eigenvalue weighted by Crippen LogP contribution is -2.48. The van der Waals surface area contributed by atoms with Crippen molar-refractivity contribution in [3.05, 3.63) is 101 Å². The van der Waals surface area contributed by atoms with Crippen LogP contribution in [0.25, 0.3) is 0 Å². The molecular weight excluding hydrogens is 572 g/mol. The van der Waals surface area contributed by atoms with Crippen molar-refractivity contribution in [3.63, 3.8) is 0 Å². The minimum absolute atomic E-state index is 0.00478.